The van der Waals surface area contributed by atoms with E-state index in [-0.39, 0.29) is 37.6 Å². The molecule has 0 spiro atoms. The molecule has 0 aliphatic heterocycles. The first kappa shape index (κ1) is 28.1. The van der Waals surface area contributed by atoms with Crippen molar-refractivity contribution in [2.24, 2.45) is 0 Å². The van der Waals surface area contributed by atoms with Gasteiger partial charge in [0.1, 0.15) is 9.79 Å². The molecular weight excluding hydrogens is 620 g/mol. The van der Waals surface area contributed by atoms with Crippen LogP contribution in [0.15, 0.2) is 65.6 Å². The summed E-state index contributed by atoms with van der Waals surface area (Å²) in [5.41, 5.74) is -2.95. The molecule has 0 saturated heterocycles. The molecule has 2 heterocycles. The molecule has 3 aromatic carbocycles. The van der Waals surface area contributed by atoms with Gasteiger partial charge in [-0.05, 0) is 36.4 Å². The van der Waals surface area contributed by atoms with Crippen LogP contribution in [0.25, 0.3) is 43.6 Å². The van der Waals surface area contributed by atoms with E-state index in [0.717, 1.165) is 24.3 Å². The van der Waals surface area contributed by atoms with Crippen LogP contribution in [0.5, 0.6) is 0 Å². The highest BCUT2D eigenvalue weighted by atomic mass is 32.2. The van der Waals surface area contributed by atoms with Gasteiger partial charge < -0.3 is 9.97 Å². The molecule has 16 nitrogen and oxygen atoms in total. The van der Waals surface area contributed by atoms with E-state index >= 15 is 0 Å². The first-order valence-electron chi connectivity index (χ1n) is 10.3. The summed E-state index contributed by atoms with van der Waals surface area (Å²) < 4.78 is 105. The first-order chi connectivity index (χ1) is 18.5. The van der Waals surface area contributed by atoms with Gasteiger partial charge in [0.25, 0.3) is 30.4 Å². The number of aromatic amines is 2. The van der Waals surface area contributed by atoms with Crippen LogP contribution >= 0.6 is 12.0 Å². The smallest absolute Gasteiger partial charge is 0.296 e. The molecule has 40 heavy (non-hydrogen) atoms. The van der Waals surface area contributed by atoms with Crippen molar-refractivity contribution < 1.29 is 53.5 Å². The zero-order valence-electron chi connectivity index (χ0n) is 19.0. The minimum absolute atomic E-state index is 0.0911. The van der Waals surface area contributed by atoms with Crippen LogP contribution in [0.1, 0.15) is 0 Å². The molecule has 2 aromatic heterocycles. The molecule has 0 fully saturated rings. The third-order valence-electron chi connectivity index (χ3n) is 5.82. The van der Waals surface area contributed by atoms with Gasteiger partial charge in [-0.1, -0.05) is 5.04 Å². The Labute approximate surface area is 225 Å². The van der Waals surface area contributed by atoms with Crippen molar-refractivity contribution in [3.05, 3.63) is 56.8 Å². The van der Waals surface area contributed by atoms with Gasteiger partial charge in [-0.3, -0.25) is 23.2 Å². The molecule has 0 aliphatic rings. The van der Waals surface area contributed by atoms with Crippen LogP contribution in [0, 0.1) is 0 Å². The van der Waals surface area contributed by atoms with Crippen LogP contribution in [-0.2, 0) is 39.7 Å². The van der Waals surface area contributed by atoms with Crippen LogP contribution < -0.4 is 10.9 Å². The maximum atomic E-state index is 13.4. The van der Waals surface area contributed by atoms with E-state index in [1.54, 1.807) is 0 Å². The lowest BCUT2D eigenvalue weighted by atomic mass is 10.1. The van der Waals surface area contributed by atoms with Gasteiger partial charge in [-0.25, -0.2) is 5.26 Å². The van der Waals surface area contributed by atoms with Crippen molar-refractivity contribution >= 4 is 86.0 Å². The number of benzene rings is 3. The number of nitrogens with one attached hydrogen (secondary N) is 2. The van der Waals surface area contributed by atoms with Crippen LogP contribution in [0.3, 0.4) is 0 Å². The summed E-state index contributed by atoms with van der Waals surface area (Å²) in [5, 5.41) is 10.6. The van der Waals surface area contributed by atoms with Gasteiger partial charge in [-0.2, -0.15) is 25.3 Å². The minimum Gasteiger partial charge on any atom is -0.353 e. The lowest BCUT2D eigenvalue weighted by molar-refractivity contribution is -0.432. The standard InChI is InChI=1S/C20H12N2O14S4/c23-19-9-5-14-10(20(24)12-3-8(38(26,27)28)4-16(18(12)22-14)40(32,33)34)6-13(9)21-17-11(19)1-7(37-36-35-25)2-15(17)39(29,30)31/h1-6,25H,(H,21,23)(H,22,24)(H,26,27,28)(H,29,30,31)(H,32,33,34). The Balaban J connectivity index is 1.96. The van der Waals surface area contributed by atoms with Gasteiger partial charge in [0.2, 0.25) is 0 Å². The molecule has 210 valence electrons. The van der Waals surface area contributed by atoms with Gasteiger partial charge in [0.15, 0.2) is 10.9 Å². The quantitative estimate of drug-likeness (QED) is 0.0512. The van der Waals surface area contributed by atoms with E-state index in [4.69, 9.17) is 5.26 Å². The molecule has 0 unspecified atom stereocenters. The Hall–Kier alpha value is -3.44. The fourth-order valence-corrected chi connectivity index (χ4v) is 6.71. The summed E-state index contributed by atoms with van der Waals surface area (Å²) in [6.45, 7) is 0. The summed E-state index contributed by atoms with van der Waals surface area (Å²) in [5.74, 6) is 0. The SMILES string of the molecule is O=c1c2cc3[nH]c4c(S(=O)(=O)O)cc(S(=O)(=O)O)cc4c(=O)c3cc2[nH]c2c(S(=O)(=O)O)cc(SOOO)cc12. The summed E-state index contributed by atoms with van der Waals surface area (Å²) in [4.78, 5) is 29.1. The number of pyridine rings is 2. The molecule has 20 heteroatoms. The number of fused-ring (bicyclic) bond motifs is 4. The maximum Gasteiger partial charge on any atom is 0.296 e. The van der Waals surface area contributed by atoms with Crippen molar-refractivity contribution in [1.29, 1.82) is 0 Å². The predicted molar refractivity (Wildman–Crippen MR) is 138 cm³/mol. The number of rotatable bonds is 6. The molecule has 5 rings (SSSR count). The number of aromatic nitrogens is 2. The van der Waals surface area contributed by atoms with E-state index in [0.29, 0.717) is 24.2 Å². The molecular formula is C20H12N2O14S4. The van der Waals surface area contributed by atoms with E-state index in [9.17, 15) is 48.5 Å². The van der Waals surface area contributed by atoms with Gasteiger partial charge >= 0.3 is 0 Å². The van der Waals surface area contributed by atoms with Crippen LogP contribution in [-0.4, -0.2) is 54.1 Å². The van der Waals surface area contributed by atoms with Crippen molar-refractivity contribution in [1.82, 2.24) is 9.97 Å². The number of H-pyrrole nitrogens is 2. The molecule has 0 atom stereocenters. The van der Waals surface area contributed by atoms with E-state index in [1.165, 1.54) is 0 Å². The van der Waals surface area contributed by atoms with Crippen LogP contribution in [0.2, 0.25) is 0 Å². The summed E-state index contributed by atoms with van der Waals surface area (Å²) in [7, 11) is -15.1. The highest BCUT2D eigenvalue weighted by Crippen LogP contribution is 2.31. The Morgan fingerprint density at radius 2 is 1.10 bits per heavy atom. The Morgan fingerprint density at radius 1 is 0.625 bits per heavy atom. The van der Waals surface area contributed by atoms with Crippen molar-refractivity contribution in [3.8, 4) is 0 Å². The largest absolute Gasteiger partial charge is 0.353 e. The monoisotopic (exact) mass is 632 g/mol. The average Bonchev–Trinajstić information content (AvgIpc) is 2.85. The van der Waals surface area contributed by atoms with E-state index in [2.05, 4.69) is 19.3 Å². The zero-order chi connectivity index (χ0) is 29.4. The highest BCUT2D eigenvalue weighted by Gasteiger charge is 2.24. The highest BCUT2D eigenvalue weighted by molar-refractivity contribution is 7.94. The number of hydrogen-bond donors (Lipinski definition) is 6. The second-order valence-corrected chi connectivity index (χ2v) is 13.2. The van der Waals surface area contributed by atoms with E-state index in [1.807, 2.05) is 0 Å². The van der Waals surface area contributed by atoms with Crippen molar-refractivity contribution in [2.75, 3.05) is 0 Å². The minimum atomic E-state index is -5.14. The lowest BCUT2D eigenvalue weighted by Gasteiger charge is -2.11. The Morgan fingerprint density at radius 3 is 1.55 bits per heavy atom. The predicted octanol–water partition coefficient (Wildman–Crippen LogP) is 1.84. The zero-order valence-corrected chi connectivity index (χ0v) is 22.2. The molecule has 0 bridgehead atoms. The normalized spacial score (nSPS) is 13.1. The summed E-state index contributed by atoms with van der Waals surface area (Å²) in [6, 6.07) is 5.37. The molecule has 0 saturated carbocycles. The molecule has 0 radical (unpaired) electrons. The summed E-state index contributed by atoms with van der Waals surface area (Å²) in [6.07, 6.45) is 0. The topological polar surface area (TPSA) is 268 Å². The third-order valence-corrected chi connectivity index (χ3v) is 8.97. The number of hydrogen-bond acceptors (Lipinski definition) is 12. The maximum absolute atomic E-state index is 13.4. The van der Waals surface area contributed by atoms with E-state index < -0.39 is 66.8 Å². The third kappa shape index (κ3) is 4.75. The fraction of sp³-hybridized carbons (Fsp3) is 0. The van der Waals surface area contributed by atoms with Gasteiger partial charge in [0.05, 0.1) is 39.0 Å². The second kappa shape index (κ2) is 9.31. The van der Waals surface area contributed by atoms with Gasteiger partial charge in [-0.15, -0.1) is 4.33 Å². The average molecular weight is 633 g/mol. The second-order valence-electron chi connectivity index (χ2n) is 8.19. The Bertz CT molecular complexity index is 2380. The van der Waals surface area contributed by atoms with Crippen molar-refractivity contribution in [2.45, 2.75) is 19.6 Å². The lowest BCUT2D eigenvalue weighted by Crippen LogP contribution is -2.12. The van der Waals surface area contributed by atoms with Crippen molar-refractivity contribution in [3.63, 3.8) is 0 Å². The fourth-order valence-electron chi connectivity index (χ4n) is 4.20. The molecule has 5 aromatic rings. The Kier molecular flexibility index (Phi) is 6.54. The molecule has 0 aliphatic carbocycles. The van der Waals surface area contributed by atoms with Gasteiger partial charge in [0, 0.05) is 26.4 Å². The molecule has 0 amide bonds. The molecule has 6 N–H and O–H groups in total. The first-order valence-corrected chi connectivity index (χ1v) is 15.3. The van der Waals surface area contributed by atoms with Crippen LogP contribution in [0.4, 0.5) is 0 Å². The summed E-state index contributed by atoms with van der Waals surface area (Å²) >= 11 is 0.303.